The molecule has 4 heteroatoms. The molecule has 1 atom stereocenters. The zero-order valence-electron chi connectivity index (χ0n) is 9.79. The molecule has 1 amide bonds. The van der Waals surface area contributed by atoms with Crippen LogP contribution in [-0.2, 0) is 4.79 Å². The van der Waals surface area contributed by atoms with E-state index in [9.17, 15) is 4.79 Å². The number of rotatable bonds is 3. The Kier molecular flexibility index (Phi) is 3.73. The van der Waals surface area contributed by atoms with Crippen LogP contribution in [0.5, 0.6) is 0 Å². The van der Waals surface area contributed by atoms with Crippen LogP contribution in [0.25, 0.3) is 0 Å². The highest BCUT2D eigenvalue weighted by molar-refractivity contribution is 5.77. The fraction of sp³-hybridized carbons (Fsp3) is 0.909. The number of carbonyl (C=O) groups is 1. The maximum absolute atomic E-state index is 11.5. The minimum Gasteiger partial charge on any atom is -0.393 e. The molecule has 4 N–H and O–H groups in total. The minimum atomic E-state index is -0.230. The Morgan fingerprint density at radius 3 is 2.47 bits per heavy atom. The van der Waals surface area contributed by atoms with Crippen molar-refractivity contribution in [2.45, 2.75) is 58.2 Å². The fourth-order valence-corrected chi connectivity index (χ4v) is 1.50. The standard InChI is InChI=1S/C11H22N2O2/c1-11(2,3)9(12)6-10(15)13-7-4-8(14)5-7/h7-9,14H,4-6,12H2,1-3H3,(H,13,15). The second kappa shape index (κ2) is 4.49. The van der Waals surface area contributed by atoms with Gasteiger partial charge < -0.3 is 16.2 Å². The molecule has 0 spiro atoms. The molecule has 0 aromatic heterocycles. The second-order valence-corrected chi connectivity index (χ2v) is 5.57. The van der Waals surface area contributed by atoms with Crippen LogP contribution in [0, 0.1) is 5.41 Å². The number of amides is 1. The molecule has 0 aromatic rings. The van der Waals surface area contributed by atoms with Crippen molar-refractivity contribution in [1.29, 1.82) is 0 Å². The Bertz CT molecular complexity index is 229. The lowest BCUT2D eigenvalue weighted by Crippen LogP contribution is -2.49. The smallest absolute Gasteiger partial charge is 0.221 e. The number of hydrogen-bond donors (Lipinski definition) is 3. The summed E-state index contributed by atoms with van der Waals surface area (Å²) in [6, 6.07) is 0.0298. The van der Waals surface area contributed by atoms with Gasteiger partial charge in [-0.15, -0.1) is 0 Å². The van der Waals surface area contributed by atoms with E-state index in [1.165, 1.54) is 0 Å². The molecule has 1 unspecified atom stereocenters. The zero-order chi connectivity index (χ0) is 11.6. The van der Waals surface area contributed by atoms with E-state index in [2.05, 4.69) is 5.32 Å². The average molecular weight is 214 g/mol. The normalized spacial score (nSPS) is 28.1. The zero-order valence-corrected chi connectivity index (χ0v) is 9.79. The number of hydrogen-bond acceptors (Lipinski definition) is 3. The first kappa shape index (κ1) is 12.5. The largest absolute Gasteiger partial charge is 0.393 e. The number of nitrogens with one attached hydrogen (secondary N) is 1. The van der Waals surface area contributed by atoms with Crippen LogP contribution in [0.2, 0.25) is 0 Å². The van der Waals surface area contributed by atoms with Gasteiger partial charge in [0, 0.05) is 18.5 Å². The monoisotopic (exact) mass is 214 g/mol. The summed E-state index contributed by atoms with van der Waals surface area (Å²) in [7, 11) is 0. The first-order chi connectivity index (χ1) is 6.79. The average Bonchev–Trinajstić information content (AvgIpc) is 1.99. The predicted octanol–water partition coefficient (Wildman–Crippen LogP) is 0.389. The summed E-state index contributed by atoms with van der Waals surface area (Å²) in [6.45, 7) is 6.08. The van der Waals surface area contributed by atoms with Gasteiger partial charge in [-0.25, -0.2) is 0 Å². The van der Waals surface area contributed by atoms with E-state index in [4.69, 9.17) is 10.8 Å². The lowest BCUT2D eigenvalue weighted by atomic mass is 9.84. The summed E-state index contributed by atoms with van der Waals surface area (Å²) < 4.78 is 0. The van der Waals surface area contributed by atoms with Crippen molar-refractivity contribution in [3.8, 4) is 0 Å². The first-order valence-electron chi connectivity index (χ1n) is 5.52. The van der Waals surface area contributed by atoms with E-state index < -0.39 is 0 Å². The Balaban J connectivity index is 2.24. The molecule has 0 aliphatic heterocycles. The van der Waals surface area contributed by atoms with Crippen LogP contribution >= 0.6 is 0 Å². The second-order valence-electron chi connectivity index (χ2n) is 5.57. The van der Waals surface area contributed by atoms with E-state index in [0.717, 1.165) is 0 Å². The van der Waals surface area contributed by atoms with Crippen molar-refractivity contribution < 1.29 is 9.90 Å². The highest BCUT2D eigenvalue weighted by Crippen LogP contribution is 2.22. The first-order valence-corrected chi connectivity index (χ1v) is 5.52. The molecule has 88 valence electrons. The molecule has 1 aliphatic rings. The lowest BCUT2D eigenvalue weighted by Gasteiger charge is -2.33. The Morgan fingerprint density at radius 1 is 1.53 bits per heavy atom. The van der Waals surface area contributed by atoms with Crippen molar-refractivity contribution >= 4 is 5.91 Å². The number of carbonyl (C=O) groups excluding carboxylic acids is 1. The van der Waals surface area contributed by atoms with Gasteiger partial charge in [0.25, 0.3) is 0 Å². The Labute approximate surface area is 91.2 Å². The fourth-order valence-electron chi connectivity index (χ4n) is 1.50. The molecule has 0 heterocycles. The minimum absolute atomic E-state index is 0.00525. The highest BCUT2D eigenvalue weighted by atomic mass is 16.3. The molecule has 0 radical (unpaired) electrons. The summed E-state index contributed by atoms with van der Waals surface area (Å²) in [6.07, 6.45) is 1.48. The van der Waals surface area contributed by atoms with E-state index in [1.54, 1.807) is 0 Å². The van der Waals surface area contributed by atoms with Gasteiger partial charge in [-0.1, -0.05) is 20.8 Å². The molecule has 1 rings (SSSR count). The van der Waals surface area contributed by atoms with Crippen molar-refractivity contribution in [1.82, 2.24) is 5.32 Å². The van der Waals surface area contributed by atoms with Crippen LogP contribution in [0.1, 0.15) is 40.0 Å². The molecule has 4 nitrogen and oxygen atoms in total. The maximum atomic E-state index is 11.5. The summed E-state index contributed by atoms with van der Waals surface area (Å²) in [5.41, 5.74) is 5.86. The van der Waals surface area contributed by atoms with E-state index >= 15 is 0 Å². The molecule has 1 aliphatic carbocycles. The quantitative estimate of drug-likeness (QED) is 0.636. The van der Waals surface area contributed by atoms with Gasteiger partial charge in [0.2, 0.25) is 5.91 Å². The van der Waals surface area contributed by atoms with Crippen LogP contribution in [0.15, 0.2) is 0 Å². The van der Waals surface area contributed by atoms with Crippen molar-refractivity contribution in [3.63, 3.8) is 0 Å². The highest BCUT2D eigenvalue weighted by Gasteiger charge is 2.30. The van der Waals surface area contributed by atoms with Crippen molar-refractivity contribution in [2.75, 3.05) is 0 Å². The molecule has 15 heavy (non-hydrogen) atoms. The predicted molar refractivity (Wildman–Crippen MR) is 59.2 cm³/mol. The van der Waals surface area contributed by atoms with Crippen LogP contribution in [0.3, 0.4) is 0 Å². The van der Waals surface area contributed by atoms with Gasteiger partial charge in [-0.3, -0.25) is 4.79 Å². The molecule has 0 aromatic carbocycles. The molecule has 1 saturated carbocycles. The molecule has 0 saturated heterocycles. The molecular formula is C11H22N2O2. The summed E-state index contributed by atoms with van der Waals surface area (Å²) in [5, 5.41) is 11.9. The molecular weight excluding hydrogens is 192 g/mol. The maximum Gasteiger partial charge on any atom is 0.221 e. The van der Waals surface area contributed by atoms with E-state index in [0.29, 0.717) is 19.3 Å². The van der Waals surface area contributed by atoms with E-state index in [1.807, 2.05) is 20.8 Å². The molecule has 0 bridgehead atoms. The molecule has 1 fully saturated rings. The van der Waals surface area contributed by atoms with Gasteiger partial charge in [-0.05, 0) is 18.3 Å². The van der Waals surface area contributed by atoms with Crippen LogP contribution in [0.4, 0.5) is 0 Å². The SMILES string of the molecule is CC(C)(C)C(N)CC(=O)NC1CC(O)C1. The number of nitrogens with two attached hydrogens (primary N) is 1. The topological polar surface area (TPSA) is 75.4 Å². The van der Waals surface area contributed by atoms with E-state index in [-0.39, 0.29) is 29.5 Å². The van der Waals surface area contributed by atoms with Gasteiger partial charge in [-0.2, -0.15) is 0 Å². The Morgan fingerprint density at radius 2 is 2.07 bits per heavy atom. The number of aliphatic hydroxyl groups excluding tert-OH is 1. The summed E-state index contributed by atoms with van der Waals surface area (Å²) in [5.74, 6) is -0.00525. The van der Waals surface area contributed by atoms with Gasteiger partial charge in [0.15, 0.2) is 0 Å². The van der Waals surface area contributed by atoms with Crippen molar-refractivity contribution in [3.05, 3.63) is 0 Å². The van der Waals surface area contributed by atoms with Crippen molar-refractivity contribution in [2.24, 2.45) is 11.1 Å². The third kappa shape index (κ3) is 3.80. The van der Waals surface area contributed by atoms with Crippen LogP contribution in [-0.4, -0.2) is 29.2 Å². The summed E-state index contributed by atoms with van der Waals surface area (Å²) in [4.78, 5) is 11.5. The van der Waals surface area contributed by atoms with Gasteiger partial charge >= 0.3 is 0 Å². The third-order valence-corrected chi connectivity index (χ3v) is 3.00. The third-order valence-electron chi connectivity index (χ3n) is 3.00. The van der Waals surface area contributed by atoms with Gasteiger partial charge in [0.1, 0.15) is 0 Å². The van der Waals surface area contributed by atoms with Gasteiger partial charge in [0.05, 0.1) is 6.10 Å². The lowest BCUT2D eigenvalue weighted by molar-refractivity contribution is -0.124. The Hall–Kier alpha value is -0.610. The summed E-state index contributed by atoms with van der Waals surface area (Å²) >= 11 is 0. The van der Waals surface area contributed by atoms with Crippen LogP contribution < -0.4 is 11.1 Å². The number of aliphatic hydroxyl groups is 1.